The van der Waals surface area contributed by atoms with Gasteiger partial charge in [0.05, 0.1) is 22.1 Å². The maximum absolute atomic E-state index is 6.24. The van der Waals surface area contributed by atoms with Crippen LogP contribution in [0.25, 0.3) is 110 Å². The molecule has 0 aliphatic heterocycles. The van der Waals surface area contributed by atoms with Gasteiger partial charge in [-0.25, -0.2) is 0 Å². The lowest BCUT2D eigenvalue weighted by Gasteiger charge is -2.10. The lowest BCUT2D eigenvalue weighted by Crippen LogP contribution is -1.94. The molecule has 3 heterocycles. The number of furan rings is 1. The van der Waals surface area contributed by atoms with Crippen LogP contribution in [0.1, 0.15) is 0 Å². The Hall–Kier alpha value is -7.36. The molecule has 0 N–H and O–H groups in total. The highest BCUT2D eigenvalue weighted by Gasteiger charge is 2.20. The third kappa shape index (κ3) is 4.44. The molecule has 0 aliphatic rings. The number of rotatable bonds is 4. The molecule has 0 saturated carbocycles. The maximum atomic E-state index is 6.24. The van der Waals surface area contributed by atoms with Crippen molar-refractivity contribution < 1.29 is 4.42 Å². The second-order valence-electron chi connectivity index (χ2n) is 14.5. The molecule has 0 unspecified atom stereocenters. The fraction of sp³-hybridized carbons (Fsp3) is 0. The van der Waals surface area contributed by atoms with Crippen molar-refractivity contribution in [2.45, 2.75) is 0 Å². The van der Waals surface area contributed by atoms with Crippen molar-refractivity contribution in [3.8, 4) is 33.6 Å². The summed E-state index contributed by atoms with van der Waals surface area (Å²) in [5.74, 6) is 0. The van der Waals surface area contributed by atoms with Crippen molar-refractivity contribution in [2.75, 3.05) is 0 Å². The number of aromatic nitrogens is 2. The van der Waals surface area contributed by atoms with Crippen molar-refractivity contribution in [3.63, 3.8) is 0 Å². The van der Waals surface area contributed by atoms with Crippen LogP contribution in [-0.4, -0.2) is 9.13 Å². The number of nitrogens with zero attached hydrogens (tertiary/aromatic N) is 2. The van der Waals surface area contributed by atoms with Crippen molar-refractivity contribution in [1.82, 2.24) is 9.13 Å². The molecule has 0 atom stereocenters. The Morgan fingerprint density at radius 2 is 1.02 bits per heavy atom. The zero-order chi connectivity index (χ0) is 36.0. The van der Waals surface area contributed by atoms with E-state index < -0.39 is 0 Å². The minimum atomic E-state index is 0.900. The summed E-state index contributed by atoms with van der Waals surface area (Å²) in [6, 6.07) is 70.4. The van der Waals surface area contributed by atoms with Crippen molar-refractivity contribution in [1.29, 1.82) is 0 Å². The second kappa shape index (κ2) is 11.6. The fourth-order valence-corrected chi connectivity index (χ4v) is 9.05. The Kier molecular flexibility index (Phi) is 6.34. The molecular formula is C52H32N2O. The monoisotopic (exact) mass is 700 g/mol. The van der Waals surface area contributed by atoms with Crippen molar-refractivity contribution in [3.05, 3.63) is 194 Å². The Labute approximate surface area is 316 Å². The van der Waals surface area contributed by atoms with Gasteiger partial charge in [0.25, 0.3) is 0 Å². The van der Waals surface area contributed by atoms with E-state index in [9.17, 15) is 0 Å². The molecule has 0 saturated heterocycles. The predicted molar refractivity (Wildman–Crippen MR) is 231 cm³/mol. The van der Waals surface area contributed by atoms with Crippen molar-refractivity contribution >= 4 is 76.3 Å². The molecule has 12 rings (SSSR count). The van der Waals surface area contributed by atoms with Crippen LogP contribution in [0, 0.1) is 0 Å². The highest BCUT2D eigenvalue weighted by Crippen LogP contribution is 2.43. The van der Waals surface area contributed by atoms with Gasteiger partial charge in [-0.15, -0.1) is 0 Å². The summed E-state index contributed by atoms with van der Waals surface area (Å²) in [5, 5.41) is 9.69. The minimum absolute atomic E-state index is 0.900. The van der Waals surface area contributed by atoms with E-state index in [0.717, 1.165) is 33.3 Å². The van der Waals surface area contributed by atoms with Gasteiger partial charge >= 0.3 is 0 Å². The highest BCUT2D eigenvalue weighted by atomic mass is 16.3. The number of para-hydroxylation sites is 2. The first-order valence-corrected chi connectivity index (χ1v) is 18.8. The van der Waals surface area contributed by atoms with Crippen LogP contribution in [0.5, 0.6) is 0 Å². The zero-order valence-corrected chi connectivity index (χ0v) is 29.8. The Balaban J connectivity index is 1.12. The zero-order valence-electron chi connectivity index (χ0n) is 29.8. The molecule has 3 heteroatoms. The predicted octanol–water partition coefficient (Wildman–Crippen LogP) is 14.3. The highest BCUT2D eigenvalue weighted by molar-refractivity contribution is 6.20. The Bertz CT molecular complexity index is 3470. The van der Waals surface area contributed by atoms with Gasteiger partial charge in [-0.2, -0.15) is 0 Å². The molecular weight excluding hydrogens is 669 g/mol. The summed E-state index contributed by atoms with van der Waals surface area (Å²) < 4.78 is 11.1. The van der Waals surface area contributed by atoms with Gasteiger partial charge in [0.2, 0.25) is 0 Å². The second-order valence-corrected chi connectivity index (χ2v) is 14.5. The van der Waals surface area contributed by atoms with E-state index >= 15 is 0 Å². The summed E-state index contributed by atoms with van der Waals surface area (Å²) in [6.07, 6.45) is 0. The molecule has 9 aromatic carbocycles. The van der Waals surface area contributed by atoms with Crippen molar-refractivity contribution in [2.24, 2.45) is 0 Å². The molecule has 0 spiro atoms. The molecule has 0 amide bonds. The van der Waals surface area contributed by atoms with Gasteiger partial charge in [0, 0.05) is 49.1 Å². The quantitative estimate of drug-likeness (QED) is 0.179. The van der Waals surface area contributed by atoms with Crippen LogP contribution in [0.4, 0.5) is 0 Å². The summed E-state index contributed by atoms with van der Waals surface area (Å²) >= 11 is 0. The van der Waals surface area contributed by atoms with E-state index in [2.05, 4.69) is 191 Å². The van der Waals surface area contributed by atoms with E-state index in [1.807, 2.05) is 12.1 Å². The van der Waals surface area contributed by atoms with Crippen LogP contribution in [0.15, 0.2) is 199 Å². The molecule has 3 nitrogen and oxygen atoms in total. The number of fused-ring (bicyclic) bond motifs is 11. The summed E-state index contributed by atoms with van der Waals surface area (Å²) in [6.45, 7) is 0. The topological polar surface area (TPSA) is 23.0 Å². The van der Waals surface area contributed by atoms with E-state index in [4.69, 9.17) is 4.42 Å². The standard InChI is InChI=1S/C52H32N2O/c1-3-12-33(13-4-1)39-19-11-20-48-51(39)45-31-36(24-28-47(45)53(48)37-15-5-2-6-16-37)35-23-27-46-43(30-35)42-26-22-34-14-7-8-17-40(34)52(42)54(46)38-25-29-50-44(32-38)41-18-9-10-21-49(41)55-50/h1-32H. The lowest BCUT2D eigenvalue weighted by atomic mass is 9.97. The molecule has 3 aromatic heterocycles. The molecule has 0 radical (unpaired) electrons. The van der Waals surface area contributed by atoms with Crippen LogP contribution in [0.2, 0.25) is 0 Å². The summed E-state index contributed by atoms with van der Waals surface area (Å²) in [4.78, 5) is 0. The van der Waals surface area contributed by atoms with Gasteiger partial charge in [-0.1, -0.05) is 127 Å². The van der Waals surface area contributed by atoms with E-state index in [1.165, 1.54) is 76.6 Å². The normalized spacial score (nSPS) is 12.0. The first-order chi connectivity index (χ1) is 27.3. The Morgan fingerprint density at radius 3 is 1.85 bits per heavy atom. The molecule has 256 valence electrons. The average molecular weight is 701 g/mol. The van der Waals surface area contributed by atoms with E-state index in [-0.39, 0.29) is 0 Å². The smallest absolute Gasteiger partial charge is 0.135 e. The van der Waals surface area contributed by atoms with Crippen LogP contribution in [-0.2, 0) is 0 Å². The van der Waals surface area contributed by atoms with Gasteiger partial charge in [-0.05, 0) is 94.4 Å². The number of hydrogen-bond donors (Lipinski definition) is 0. The number of hydrogen-bond acceptors (Lipinski definition) is 1. The third-order valence-electron chi connectivity index (χ3n) is 11.5. The number of benzene rings is 9. The van der Waals surface area contributed by atoms with Crippen LogP contribution in [0.3, 0.4) is 0 Å². The van der Waals surface area contributed by atoms with E-state index in [0.29, 0.717) is 0 Å². The molecule has 0 aliphatic carbocycles. The minimum Gasteiger partial charge on any atom is -0.456 e. The third-order valence-corrected chi connectivity index (χ3v) is 11.5. The Morgan fingerprint density at radius 1 is 0.327 bits per heavy atom. The fourth-order valence-electron chi connectivity index (χ4n) is 9.05. The molecule has 55 heavy (non-hydrogen) atoms. The summed E-state index contributed by atoms with van der Waals surface area (Å²) in [7, 11) is 0. The molecule has 12 aromatic rings. The average Bonchev–Trinajstić information content (AvgIpc) is 3.91. The maximum Gasteiger partial charge on any atom is 0.135 e. The largest absolute Gasteiger partial charge is 0.456 e. The van der Waals surface area contributed by atoms with Gasteiger partial charge < -0.3 is 13.6 Å². The van der Waals surface area contributed by atoms with Crippen LogP contribution >= 0.6 is 0 Å². The van der Waals surface area contributed by atoms with E-state index in [1.54, 1.807) is 0 Å². The van der Waals surface area contributed by atoms with Gasteiger partial charge in [0.15, 0.2) is 0 Å². The summed E-state index contributed by atoms with van der Waals surface area (Å²) in [5.41, 5.74) is 13.7. The van der Waals surface area contributed by atoms with Gasteiger partial charge in [0.1, 0.15) is 11.2 Å². The first kappa shape index (κ1) is 30.1. The first-order valence-electron chi connectivity index (χ1n) is 18.8. The van der Waals surface area contributed by atoms with Gasteiger partial charge in [-0.3, -0.25) is 0 Å². The van der Waals surface area contributed by atoms with Crippen LogP contribution < -0.4 is 0 Å². The molecule has 0 bridgehead atoms. The SMILES string of the molecule is c1ccc(-c2cccc3c2c2cc(-c4ccc5c(c4)c4ccc6ccccc6c4n5-c4ccc5oc6ccccc6c5c4)ccc2n3-c2ccccc2)cc1. The lowest BCUT2D eigenvalue weighted by molar-refractivity contribution is 0.669. The molecule has 0 fully saturated rings.